The number of nitrogens with one attached hydrogen (secondary N) is 1. The number of amides is 2. The Kier molecular flexibility index (Phi) is 6.04. The maximum absolute atomic E-state index is 12.5. The Hall–Kier alpha value is -2.02. The SMILES string of the molecule is CCN=C1SC(C(=O)Nc2cccc(OC)c2)CC(=O)N1CC. The predicted octanol–water partition coefficient (Wildman–Crippen LogP) is 2.36. The van der Waals surface area contributed by atoms with Crippen molar-refractivity contribution in [2.24, 2.45) is 4.99 Å². The van der Waals surface area contributed by atoms with Crippen LogP contribution in [-0.2, 0) is 9.59 Å². The van der Waals surface area contributed by atoms with Crippen LogP contribution in [0.4, 0.5) is 5.69 Å². The molecule has 7 heteroatoms. The zero-order valence-electron chi connectivity index (χ0n) is 13.5. The molecule has 1 saturated heterocycles. The summed E-state index contributed by atoms with van der Waals surface area (Å²) in [7, 11) is 1.57. The van der Waals surface area contributed by atoms with E-state index in [0.717, 1.165) is 0 Å². The van der Waals surface area contributed by atoms with Gasteiger partial charge in [-0.1, -0.05) is 17.8 Å². The van der Waals surface area contributed by atoms with E-state index in [1.54, 1.807) is 36.3 Å². The molecule has 0 aromatic heterocycles. The van der Waals surface area contributed by atoms with E-state index in [0.29, 0.717) is 29.7 Å². The molecule has 23 heavy (non-hydrogen) atoms. The standard InChI is InChI=1S/C16H21N3O3S/c1-4-17-16-19(5-2)14(20)10-13(23-16)15(21)18-11-7-6-8-12(9-11)22-3/h6-9,13H,4-5,10H2,1-3H3,(H,18,21). The summed E-state index contributed by atoms with van der Waals surface area (Å²) in [5.41, 5.74) is 0.648. The van der Waals surface area contributed by atoms with E-state index in [1.165, 1.54) is 11.8 Å². The summed E-state index contributed by atoms with van der Waals surface area (Å²) in [5, 5.41) is 2.99. The second kappa shape index (κ2) is 8.01. The molecule has 1 aromatic carbocycles. The van der Waals surface area contributed by atoms with Crippen molar-refractivity contribution in [3.05, 3.63) is 24.3 Å². The second-order valence-electron chi connectivity index (χ2n) is 4.93. The summed E-state index contributed by atoms with van der Waals surface area (Å²) in [6, 6.07) is 7.14. The lowest BCUT2D eigenvalue weighted by atomic mass is 10.2. The molecule has 0 aliphatic carbocycles. The zero-order valence-corrected chi connectivity index (χ0v) is 14.4. The van der Waals surface area contributed by atoms with Crippen LogP contribution in [0.15, 0.2) is 29.3 Å². The molecule has 1 aliphatic heterocycles. The van der Waals surface area contributed by atoms with Crippen molar-refractivity contribution in [1.29, 1.82) is 0 Å². The van der Waals surface area contributed by atoms with Crippen molar-refractivity contribution in [3.8, 4) is 5.75 Å². The second-order valence-corrected chi connectivity index (χ2v) is 6.10. The molecule has 0 spiro atoms. The van der Waals surface area contributed by atoms with Gasteiger partial charge in [0, 0.05) is 31.3 Å². The van der Waals surface area contributed by atoms with Gasteiger partial charge in [-0.2, -0.15) is 0 Å². The van der Waals surface area contributed by atoms with Crippen LogP contribution in [0.3, 0.4) is 0 Å². The van der Waals surface area contributed by atoms with E-state index in [4.69, 9.17) is 4.74 Å². The molecule has 6 nitrogen and oxygen atoms in total. The number of carbonyl (C=O) groups is 2. The minimum Gasteiger partial charge on any atom is -0.497 e. The van der Waals surface area contributed by atoms with Crippen LogP contribution in [0.25, 0.3) is 0 Å². The maximum Gasteiger partial charge on any atom is 0.238 e. The van der Waals surface area contributed by atoms with Gasteiger partial charge in [-0.05, 0) is 26.0 Å². The van der Waals surface area contributed by atoms with Gasteiger partial charge in [0.2, 0.25) is 11.8 Å². The lowest BCUT2D eigenvalue weighted by Crippen LogP contribution is -2.45. The first-order chi connectivity index (χ1) is 11.1. The number of rotatable bonds is 5. The lowest BCUT2D eigenvalue weighted by molar-refractivity contribution is -0.129. The molecule has 2 amide bonds. The van der Waals surface area contributed by atoms with Crippen LogP contribution in [0.2, 0.25) is 0 Å². The van der Waals surface area contributed by atoms with Crippen molar-refractivity contribution in [3.63, 3.8) is 0 Å². The van der Waals surface area contributed by atoms with Gasteiger partial charge in [0.1, 0.15) is 11.0 Å². The molecule has 1 N–H and O–H groups in total. The Morgan fingerprint density at radius 1 is 1.48 bits per heavy atom. The number of benzene rings is 1. The highest BCUT2D eigenvalue weighted by Gasteiger charge is 2.34. The first-order valence-electron chi connectivity index (χ1n) is 7.55. The molecule has 2 rings (SSSR count). The fourth-order valence-electron chi connectivity index (χ4n) is 2.25. The van der Waals surface area contributed by atoms with Gasteiger partial charge in [-0.25, -0.2) is 0 Å². The van der Waals surface area contributed by atoms with Crippen LogP contribution >= 0.6 is 11.8 Å². The van der Waals surface area contributed by atoms with Crippen LogP contribution in [0.1, 0.15) is 20.3 Å². The zero-order chi connectivity index (χ0) is 16.8. The van der Waals surface area contributed by atoms with Gasteiger partial charge in [-0.3, -0.25) is 19.5 Å². The Morgan fingerprint density at radius 3 is 2.91 bits per heavy atom. The van der Waals surface area contributed by atoms with Gasteiger partial charge in [0.25, 0.3) is 0 Å². The molecule has 124 valence electrons. The number of hydrogen-bond acceptors (Lipinski definition) is 5. The van der Waals surface area contributed by atoms with E-state index >= 15 is 0 Å². The number of carbonyl (C=O) groups excluding carboxylic acids is 2. The summed E-state index contributed by atoms with van der Waals surface area (Å²) in [4.78, 5) is 30.6. The number of aliphatic imine (C=N–C) groups is 1. The quantitative estimate of drug-likeness (QED) is 0.897. The third kappa shape index (κ3) is 4.25. The Morgan fingerprint density at radius 2 is 2.26 bits per heavy atom. The first kappa shape index (κ1) is 17.3. The Labute approximate surface area is 140 Å². The number of amidine groups is 1. The summed E-state index contributed by atoms with van der Waals surface area (Å²) in [5.74, 6) is 0.404. The summed E-state index contributed by atoms with van der Waals surface area (Å²) in [6.07, 6.45) is 0.178. The lowest BCUT2D eigenvalue weighted by Gasteiger charge is -2.30. The van der Waals surface area contributed by atoms with Crippen LogP contribution in [-0.4, -0.2) is 47.3 Å². The number of thioether (sulfide) groups is 1. The molecular formula is C16H21N3O3S. The monoisotopic (exact) mass is 335 g/mol. The third-order valence-electron chi connectivity index (χ3n) is 3.38. The van der Waals surface area contributed by atoms with E-state index in [1.807, 2.05) is 13.8 Å². The smallest absolute Gasteiger partial charge is 0.238 e. The van der Waals surface area contributed by atoms with Crippen LogP contribution in [0, 0.1) is 0 Å². The fourth-order valence-corrected chi connectivity index (χ4v) is 3.46. The number of hydrogen-bond donors (Lipinski definition) is 1. The maximum atomic E-state index is 12.5. The largest absolute Gasteiger partial charge is 0.497 e. The molecule has 0 saturated carbocycles. The number of anilines is 1. The van der Waals surface area contributed by atoms with Crippen LogP contribution < -0.4 is 10.1 Å². The van der Waals surface area contributed by atoms with Gasteiger partial charge in [-0.15, -0.1) is 0 Å². The molecule has 1 fully saturated rings. The first-order valence-corrected chi connectivity index (χ1v) is 8.43. The molecule has 1 aromatic rings. The molecule has 0 radical (unpaired) electrons. The topological polar surface area (TPSA) is 71.0 Å². The molecule has 0 bridgehead atoms. The van der Waals surface area contributed by atoms with Gasteiger partial charge < -0.3 is 10.1 Å². The number of ether oxygens (including phenoxy) is 1. The van der Waals surface area contributed by atoms with E-state index in [9.17, 15) is 9.59 Å². The minimum atomic E-state index is -0.471. The highest BCUT2D eigenvalue weighted by atomic mass is 32.2. The predicted molar refractivity (Wildman–Crippen MR) is 93.0 cm³/mol. The van der Waals surface area contributed by atoms with Gasteiger partial charge in [0.05, 0.1) is 7.11 Å². The fraction of sp³-hybridized carbons (Fsp3) is 0.438. The summed E-state index contributed by atoms with van der Waals surface area (Å²) < 4.78 is 5.14. The molecule has 1 unspecified atom stereocenters. The Balaban J connectivity index is 2.10. The Bertz CT molecular complexity index is 618. The van der Waals surface area contributed by atoms with E-state index in [2.05, 4.69) is 10.3 Å². The number of methoxy groups -OCH3 is 1. The minimum absolute atomic E-state index is 0.0655. The van der Waals surface area contributed by atoms with Gasteiger partial charge >= 0.3 is 0 Å². The molecule has 1 aliphatic rings. The van der Waals surface area contributed by atoms with Crippen LogP contribution in [0.5, 0.6) is 5.75 Å². The third-order valence-corrected chi connectivity index (χ3v) is 4.60. The normalized spacial score (nSPS) is 19.8. The van der Waals surface area contributed by atoms with Crippen molar-refractivity contribution < 1.29 is 14.3 Å². The average Bonchev–Trinajstić information content (AvgIpc) is 2.55. The average molecular weight is 335 g/mol. The van der Waals surface area contributed by atoms with Gasteiger partial charge in [0.15, 0.2) is 5.17 Å². The molecule has 1 heterocycles. The van der Waals surface area contributed by atoms with E-state index in [-0.39, 0.29) is 18.2 Å². The summed E-state index contributed by atoms with van der Waals surface area (Å²) in [6.45, 7) is 4.96. The molecular weight excluding hydrogens is 314 g/mol. The van der Waals surface area contributed by atoms with Crippen molar-refractivity contribution in [1.82, 2.24) is 4.90 Å². The van der Waals surface area contributed by atoms with Crippen molar-refractivity contribution in [2.45, 2.75) is 25.5 Å². The summed E-state index contributed by atoms with van der Waals surface area (Å²) >= 11 is 1.34. The number of nitrogens with zero attached hydrogens (tertiary/aromatic N) is 2. The van der Waals surface area contributed by atoms with Crippen molar-refractivity contribution in [2.75, 3.05) is 25.5 Å². The highest BCUT2D eigenvalue weighted by Crippen LogP contribution is 2.28. The highest BCUT2D eigenvalue weighted by molar-refractivity contribution is 8.15. The van der Waals surface area contributed by atoms with Crippen molar-refractivity contribution >= 4 is 34.4 Å². The molecule has 1 atom stereocenters. The van der Waals surface area contributed by atoms with E-state index < -0.39 is 5.25 Å².